The van der Waals surface area contributed by atoms with E-state index in [2.05, 4.69) is 14.2 Å². The van der Waals surface area contributed by atoms with Gasteiger partial charge < -0.3 is 14.2 Å². The van der Waals surface area contributed by atoms with Crippen LogP contribution in [-0.4, -0.2) is 39.2 Å². The lowest BCUT2D eigenvalue weighted by molar-refractivity contribution is -0.141. The first-order valence-electron chi connectivity index (χ1n) is 5.65. The van der Waals surface area contributed by atoms with E-state index in [1.165, 1.54) is 21.3 Å². The Hall–Kier alpha value is -2.11. The Morgan fingerprint density at radius 2 is 1.58 bits per heavy atom. The molecule has 6 heteroatoms. The van der Waals surface area contributed by atoms with Crippen LogP contribution in [0.3, 0.4) is 0 Å². The summed E-state index contributed by atoms with van der Waals surface area (Å²) >= 11 is 0. The highest BCUT2D eigenvalue weighted by Crippen LogP contribution is 2.31. The van der Waals surface area contributed by atoms with Crippen LogP contribution in [0, 0.1) is 0 Å². The van der Waals surface area contributed by atoms with Crippen molar-refractivity contribution in [2.24, 2.45) is 0 Å². The van der Waals surface area contributed by atoms with Crippen LogP contribution in [0.1, 0.15) is 19.3 Å². The van der Waals surface area contributed by atoms with Gasteiger partial charge in [-0.2, -0.15) is 0 Å². The fraction of sp³-hybridized carbons (Fsp3) is 0.462. The van der Waals surface area contributed by atoms with Crippen molar-refractivity contribution in [1.29, 1.82) is 0 Å². The molecule has 0 heterocycles. The van der Waals surface area contributed by atoms with Crippen LogP contribution in [0.5, 0.6) is 0 Å². The molecule has 0 saturated carbocycles. The minimum Gasteiger partial charge on any atom is -0.469 e. The van der Waals surface area contributed by atoms with Gasteiger partial charge in [-0.3, -0.25) is 9.59 Å². The summed E-state index contributed by atoms with van der Waals surface area (Å²) in [5.74, 6) is -1.32. The molecule has 1 aliphatic rings. The molecule has 0 aromatic rings. The molecule has 0 bridgehead atoms. The van der Waals surface area contributed by atoms with Gasteiger partial charge in [0.1, 0.15) is 0 Å². The summed E-state index contributed by atoms with van der Waals surface area (Å²) in [5.41, 5.74) is 1.70. The maximum Gasteiger partial charge on any atom is 0.334 e. The SMILES string of the molecule is COC(=O)CC1=C(CC(=O)OC)CC(C(=O)OC)=C1. The number of rotatable bonds is 5. The van der Waals surface area contributed by atoms with Crippen molar-refractivity contribution in [2.75, 3.05) is 21.3 Å². The topological polar surface area (TPSA) is 78.9 Å². The van der Waals surface area contributed by atoms with Gasteiger partial charge in [0.15, 0.2) is 0 Å². The van der Waals surface area contributed by atoms with Crippen LogP contribution in [0.4, 0.5) is 0 Å². The van der Waals surface area contributed by atoms with E-state index < -0.39 is 17.9 Å². The zero-order chi connectivity index (χ0) is 14.4. The Morgan fingerprint density at radius 1 is 1.00 bits per heavy atom. The Balaban J connectivity index is 2.89. The van der Waals surface area contributed by atoms with E-state index >= 15 is 0 Å². The van der Waals surface area contributed by atoms with Crippen LogP contribution in [-0.2, 0) is 28.6 Å². The van der Waals surface area contributed by atoms with Crippen LogP contribution in [0.15, 0.2) is 22.8 Å². The first kappa shape index (κ1) is 14.9. The minimum atomic E-state index is -0.470. The molecule has 6 nitrogen and oxygen atoms in total. The molecule has 0 saturated heterocycles. The second kappa shape index (κ2) is 6.72. The Kier molecular flexibility index (Phi) is 5.29. The Bertz CT molecular complexity index is 458. The number of methoxy groups -OCH3 is 3. The van der Waals surface area contributed by atoms with Crippen molar-refractivity contribution in [2.45, 2.75) is 19.3 Å². The van der Waals surface area contributed by atoms with Gasteiger partial charge in [-0.1, -0.05) is 5.57 Å². The number of ether oxygens (including phenoxy) is 3. The number of allylic oxidation sites excluding steroid dienone is 1. The third kappa shape index (κ3) is 3.94. The number of esters is 3. The van der Waals surface area contributed by atoms with E-state index in [9.17, 15) is 14.4 Å². The molecular formula is C13H16O6. The van der Waals surface area contributed by atoms with E-state index in [1.807, 2.05) is 0 Å². The molecule has 0 N–H and O–H groups in total. The first-order valence-corrected chi connectivity index (χ1v) is 5.65. The Morgan fingerprint density at radius 3 is 2.11 bits per heavy atom. The number of hydrogen-bond acceptors (Lipinski definition) is 6. The average molecular weight is 268 g/mol. The summed E-state index contributed by atoms with van der Waals surface area (Å²) < 4.78 is 13.8. The summed E-state index contributed by atoms with van der Waals surface area (Å²) in [5, 5.41) is 0. The zero-order valence-corrected chi connectivity index (χ0v) is 11.1. The van der Waals surface area contributed by atoms with E-state index in [1.54, 1.807) is 6.08 Å². The molecule has 1 rings (SSSR count). The lowest BCUT2D eigenvalue weighted by Crippen LogP contribution is -2.06. The second-order valence-electron chi connectivity index (χ2n) is 3.97. The quantitative estimate of drug-likeness (QED) is 0.544. The van der Waals surface area contributed by atoms with Gasteiger partial charge >= 0.3 is 17.9 Å². The van der Waals surface area contributed by atoms with Gasteiger partial charge in [0.25, 0.3) is 0 Å². The van der Waals surface area contributed by atoms with Gasteiger partial charge in [-0.15, -0.1) is 0 Å². The molecule has 19 heavy (non-hydrogen) atoms. The van der Waals surface area contributed by atoms with E-state index in [0.717, 1.165) is 0 Å². The highest BCUT2D eigenvalue weighted by atomic mass is 16.5. The van der Waals surface area contributed by atoms with Crippen LogP contribution in [0.2, 0.25) is 0 Å². The Labute approximate surface area is 111 Å². The van der Waals surface area contributed by atoms with Gasteiger partial charge in [0.2, 0.25) is 0 Å². The third-order valence-electron chi connectivity index (χ3n) is 2.80. The first-order chi connectivity index (χ1) is 9.01. The highest BCUT2D eigenvalue weighted by molar-refractivity contribution is 5.92. The van der Waals surface area contributed by atoms with Crippen molar-refractivity contribution in [3.05, 3.63) is 22.8 Å². The maximum atomic E-state index is 11.5. The fourth-order valence-electron chi connectivity index (χ4n) is 1.80. The smallest absolute Gasteiger partial charge is 0.334 e. The molecular weight excluding hydrogens is 252 g/mol. The predicted molar refractivity (Wildman–Crippen MR) is 65.0 cm³/mol. The molecule has 0 atom stereocenters. The fourth-order valence-corrected chi connectivity index (χ4v) is 1.80. The van der Waals surface area contributed by atoms with Crippen molar-refractivity contribution >= 4 is 17.9 Å². The number of carbonyl (C=O) groups is 3. The van der Waals surface area contributed by atoms with Crippen LogP contribution in [0.25, 0.3) is 0 Å². The predicted octanol–water partition coefficient (Wildman–Crippen LogP) is 0.912. The van der Waals surface area contributed by atoms with Crippen molar-refractivity contribution in [3.8, 4) is 0 Å². The average Bonchev–Trinajstić information content (AvgIpc) is 2.80. The molecule has 1 aliphatic carbocycles. The normalized spacial score (nSPS) is 13.9. The van der Waals surface area contributed by atoms with Crippen LogP contribution >= 0.6 is 0 Å². The molecule has 0 unspecified atom stereocenters. The summed E-state index contributed by atoms with van der Waals surface area (Å²) in [6.45, 7) is 0. The molecule has 104 valence electrons. The number of hydrogen-bond donors (Lipinski definition) is 0. The largest absolute Gasteiger partial charge is 0.469 e. The van der Waals surface area contributed by atoms with Gasteiger partial charge in [-0.05, 0) is 11.6 Å². The minimum absolute atomic E-state index is 0.0172. The van der Waals surface area contributed by atoms with E-state index in [-0.39, 0.29) is 19.3 Å². The second-order valence-corrected chi connectivity index (χ2v) is 3.97. The van der Waals surface area contributed by atoms with Gasteiger partial charge in [0, 0.05) is 12.0 Å². The summed E-state index contributed by atoms with van der Waals surface area (Å²) in [6.07, 6.45) is 1.91. The van der Waals surface area contributed by atoms with E-state index in [0.29, 0.717) is 16.7 Å². The molecule has 0 radical (unpaired) electrons. The molecule has 0 aromatic carbocycles. The summed E-state index contributed by atoms with van der Waals surface area (Å²) in [6, 6.07) is 0. The molecule has 0 aromatic heterocycles. The van der Waals surface area contributed by atoms with Crippen molar-refractivity contribution in [1.82, 2.24) is 0 Å². The number of carbonyl (C=O) groups excluding carboxylic acids is 3. The maximum absolute atomic E-state index is 11.5. The van der Waals surface area contributed by atoms with E-state index in [4.69, 9.17) is 0 Å². The summed E-state index contributed by atoms with van der Waals surface area (Å²) in [4.78, 5) is 34.1. The third-order valence-corrected chi connectivity index (χ3v) is 2.80. The zero-order valence-electron chi connectivity index (χ0n) is 11.1. The molecule has 0 fully saturated rings. The van der Waals surface area contributed by atoms with Crippen molar-refractivity contribution in [3.63, 3.8) is 0 Å². The molecule has 0 spiro atoms. The summed E-state index contributed by atoms with van der Waals surface area (Å²) in [7, 11) is 3.84. The lowest BCUT2D eigenvalue weighted by atomic mass is 10.0. The van der Waals surface area contributed by atoms with Crippen molar-refractivity contribution < 1.29 is 28.6 Å². The van der Waals surface area contributed by atoms with Gasteiger partial charge in [0.05, 0.1) is 34.2 Å². The van der Waals surface area contributed by atoms with Crippen LogP contribution < -0.4 is 0 Å². The van der Waals surface area contributed by atoms with Gasteiger partial charge in [-0.25, -0.2) is 4.79 Å². The highest BCUT2D eigenvalue weighted by Gasteiger charge is 2.24. The molecule has 0 amide bonds. The lowest BCUT2D eigenvalue weighted by Gasteiger charge is -2.05. The molecule has 0 aliphatic heterocycles. The monoisotopic (exact) mass is 268 g/mol. The standard InChI is InChI=1S/C13H16O6/c1-17-11(14)6-8-4-10(13(16)19-3)5-9(8)7-12(15)18-2/h4H,5-7H2,1-3H3.